The summed E-state index contributed by atoms with van der Waals surface area (Å²) in [4.78, 5) is 0. The minimum absolute atomic E-state index is 0.506. The van der Waals surface area contributed by atoms with Crippen molar-refractivity contribution in [2.75, 3.05) is 0 Å². The molecule has 4 aliphatic carbocycles. The molecule has 0 saturated heterocycles. The zero-order valence-electron chi connectivity index (χ0n) is 10.7. The number of fused-ring (bicyclic) bond motifs is 2. The van der Waals surface area contributed by atoms with Gasteiger partial charge in [0, 0.05) is 0 Å². The van der Waals surface area contributed by atoms with Crippen LogP contribution >= 0.6 is 0 Å². The average Bonchev–Trinajstić information content (AvgIpc) is 2.49. The van der Waals surface area contributed by atoms with E-state index in [-0.39, 0.29) is 0 Å². The van der Waals surface area contributed by atoms with Crippen LogP contribution in [0.25, 0.3) is 0 Å². The van der Waals surface area contributed by atoms with Crippen LogP contribution in [0.5, 0.6) is 0 Å². The van der Waals surface area contributed by atoms with Gasteiger partial charge < -0.3 is 0 Å². The van der Waals surface area contributed by atoms with Crippen LogP contribution in [0.2, 0.25) is 0 Å². The summed E-state index contributed by atoms with van der Waals surface area (Å²) in [6, 6.07) is 0. The van der Waals surface area contributed by atoms with Crippen molar-refractivity contribution in [3.8, 4) is 0 Å². The normalized spacial score (nSPS) is 47.2. The smallest absolute Gasteiger partial charge is 0.0108 e. The van der Waals surface area contributed by atoms with Gasteiger partial charge in [-0.2, -0.15) is 0 Å². The molecule has 0 radical (unpaired) electrons. The highest BCUT2D eigenvalue weighted by Crippen LogP contribution is 2.67. The van der Waals surface area contributed by atoms with Gasteiger partial charge in [0.15, 0.2) is 0 Å². The lowest BCUT2D eigenvalue weighted by Gasteiger charge is -2.54. The molecule has 0 aliphatic heterocycles. The maximum absolute atomic E-state index is 2.54. The van der Waals surface area contributed by atoms with E-state index in [0.717, 1.165) is 0 Å². The predicted molar refractivity (Wildman–Crippen MR) is 64.7 cm³/mol. The molecule has 0 nitrogen and oxygen atoms in total. The van der Waals surface area contributed by atoms with Crippen LogP contribution in [-0.4, -0.2) is 0 Å². The molecule has 1 fully saturated rings. The summed E-state index contributed by atoms with van der Waals surface area (Å²) in [5.74, 6) is 0. The van der Waals surface area contributed by atoms with Crippen LogP contribution in [0.3, 0.4) is 0 Å². The van der Waals surface area contributed by atoms with E-state index in [2.05, 4.69) is 27.7 Å². The summed E-state index contributed by atoms with van der Waals surface area (Å²) in [5.41, 5.74) is 5.45. The molecule has 0 aromatic rings. The highest BCUT2D eigenvalue weighted by molar-refractivity contribution is 5.41. The van der Waals surface area contributed by atoms with Gasteiger partial charge in [-0.25, -0.2) is 0 Å². The van der Waals surface area contributed by atoms with Gasteiger partial charge in [0.2, 0.25) is 0 Å². The average molecular weight is 204 g/mol. The first-order chi connectivity index (χ1) is 6.88. The molecule has 0 aromatic carbocycles. The summed E-state index contributed by atoms with van der Waals surface area (Å²) >= 11 is 0. The lowest BCUT2D eigenvalue weighted by molar-refractivity contribution is 0.109. The van der Waals surface area contributed by atoms with Crippen molar-refractivity contribution in [2.24, 2.45) is 16.2 Å². The molecule has 0 heterocycles. The Hall–Kier alpha value is -0.260. The van der Waals surface area contributed by atoms with Crippen LogP contribution in [0, 0.1) is 16.2 Å². The highest BCUT2D eigenvalue weighted by atomic mass is 14.6. The van der Waals surface area contributed by atoms with Gasteiger partial charge in [0.05, 0.1) is 0 Å². The minimum atomic E-state index is 0.506. The van der Waals surface area contributed by atoms with Crippen molar-refractivity contribution in [3.63, 3.8) is 0 Å². The van der Waals surface area contributed by atoms with Gasteiger partial charge in [-0.15, -0.1) is 0 Å². The van der Waals surface area contributed by atoms with E-state index < -0.39 is 0 Å². The third-order valence-electron chi connectivity index (χ3n) is 5.77. The first-order valence-electron chi connectivity index (χ1n) is 6.62. The van der Waals surface area contributed by atoms with Gasteiger partial charge in [0.1, 0.15) is 0 Å². The summed E-state index contributed by atoms with van der Waals surface area (Å²) in [6.45, 7) is 10.0. The van der Waals surface area contributed by atoms with Crippen LogP contribution in [-0.2, 0) is 0 Å². The fraction of sp³-hybridized carbons (Fsp3) is 0.867. The standard InChI is InChI=1S/C15H24/c1-13(2)6-5-11-12(13)15(4)9-7-14(11,3)8-10-15/h5-10H2,1-4H3. The van der Waals surface area contributed by atoms with Crippen molar-refractivity contribution >= 4 is 0 Å². The monoisotopic (exact) mass is 204 g/mol. The summed E-state index contributed by atoms with van der Waals surface area (Å²) < 4.78 is 0. The van der Waals surface area contributed by atoms with E-state index in [1.807, 2.05) is 11.1 Å². The maximum atomic E-state index is 2.54. The lowest BCUT2D eigenvalue weighted by atomic mass is 9.51. The van der Waals surface area contributed by atoms with Crippen molar-refractivity contribution < 1.29 is 0 Å². The SMILES string of the molecule is CC1(C)CCC2=C1C1(C)CCC2(C)CC1. The number of rotatable bonds is 0. The minimum Gasteiger partial charge on any atom is -0.0640 e. The van der Waals surface area contributed by atoms with Crippen molar-refractivity contribution in [3.05, 3.63) is 11.1 Å². The maximum Gasteiger partial charge on any atom is -0.0108 e. The second kappa shape index (κ2) is 2.52. The number of allylic oxidation sites excluding steroid dienone is 2. The number of hydrogen-bond donors (Lipinski definition) is 0. The Morgan fingerprint density at radius 3 is 1.80 bits per heavy atom. The van der Waals surface area contributed by atoms with Crippen molar-refractivity contribution in [2.45, 2.75) is 66.2 Å². The Morgan fingerprint density at radius 2 is 1.27 bits per heavy atom. The Labute approximate surface area is 94.1 Å². The van der Waals surface area contributed by atoms with Crippen LogP contribution < -0.4 is 0 Å². The van der Waals surface area contributed by atoms with Gasteiger partial charge in [-0.1, -0.05) is 38.8 Å². The Kier molecular flexibility index (Phi) is 1.67. The summed E-state index contributed by atoms with van der Waals surface area (Å²) in [7, 11) is 0. The zero-order chi connectivity index (χ0) is 10.9. The quantitative estimate of drug-likeness (QED) is 0.502. The summed E-state index contributed by atoms with van der Waals surface area (Å²) in [5, 5.41) is 0. The summed E-state index contributed by atoms with van der Waals surface area (Å²) in [6.07, 6.45) is 8.62. The van der Waals surface area contributed by atoms with Crippen LogP contribution in [0.1, 0.15) is 66.2 Å². The Balaban J connectivity index is 2.21. The predicted octanol–water partition coefficient (Wildman–Crippen LogP) is 4.70. The van der Waals surface area contributed by atoms with E-state index in [0.29, 0.717) is 16.2 Å². The molecule has 84 valence electrons. The molecule has 0 heteroatoms. The third-order valence-corrected chi connectivity index (χ3v) is 5.77. The molecule has 4 rings (SSSR count). The topological polar surface area (TPSA) is 0 Å². The van der Waals surface area contributed by atoms with Crippen LogP contribution in [0.4, 0.5) is 0 Å². The second-order valence-electron chi connectivity index (χ2n) is 7.36. The largest absolute Gasteiger partial charge is 0.0640 e. The van der Waals surface area contributed by atoms with Gasteiger partial charge in [-0.05, 0) is 54.8 Å². The number of hydrogen-bond acceptors (Lipinski definition) is 0. The highest BCUT2D eigenvalue weighted by Gasteiger charge is 2.54. The lowest BCUT2D eigenvalue weighted by Crippen LogP contribution is -2.42. The van der Waals surface area contributed by atoms with Crippen molar-refractivity contribution in [1.29, 1.82) is 0 Å². The molecule has 15 heavy (non-hydrogen) atoms. The molecule has 4 aliphatic rings. The van der Waals surface area contributed by atoms with Crippen molar-refractivity contribution in [1.82, 2.24) is 0 Å². The molecule has 1 saturated carbocycles. The van der Waals surface area contributed by atoms with E-state index in [1.54, 1.807) is 0 Å². The third kappa shape index (κ3) is 1.09. The molecule has 0 amide bonds. The molecule has 0 spiro atoms. The fourth-order valence-electron chi connectivity index (χ4n) is 4.79. The van der Waals surface area contributed by atoms with E-state index in [1.165, 1.54) is 38.5 Å². The molecular formula is C15H24. The second-order valence-corrected chi connectivity index (χ2v) is 7.36. The first kappa shape index (κ1) is 9.93. The van der Waals surface area contributed by atoms with E-state index in [4.69, 9.17) is 0 Å². The molecule has 0 atom stereocenters. The van der Waals surface area contributed by atoms with Gasteiger partial charge in [-0.3, -0.25) is 0 Å². The molecular weight excluding hydrogens is 180 g/mol. The van der Waals surface area contributed by atoms with Gasteiger partial charge in [0.25, 0.3) is 0 Å². The van der Waals surface area contributed by atoms with E-state index >= 15 is 0 Å². The molecule has 0 aromatic heterocycles. The zero-order valence-corrected chi connectivity index (χ0v) is 10.7. The molecule has 0 N–H and O–H groups in total. The molecule has 0 unspecified atom stereocenters. The fourth-order valence-corrected chi connectivity index (χ4v) is 4.79. The van der Waals surface area contributed by atoms with Gasteiger partial charge >= 0.3 is 0 Å². The van der Waals surface area contributed by atoms with E-state index in [9.17, 15) is 0 Å². The van der Waals surface area contributed by atoms with Crippen LogP contribution in [0.15, 0.2) is 11.1 Å². The Morgan fingerprint density at radius 1 is 0.733 bits per heavy atom. The first-order valence-corrected chi connectivity index (χ1v) is 6.62. The molecule has 2 bridgehead atoms. The Bertz CT molecular complexity index is 335.